The highest BCUT2D eigenvalue weighted by molar-refractivity contribution is 7.99. The van der Waals surface area contributed by atoms with Crippen LogP contribution >= 0.6 is 23.1 Å². The fraction of sp³-hybridized carbons (Fsp3) is 0.409. The minimum Gasteiger partial charge on any atom is -0.497 e. The van der Waals surface area contributed by atoms with Gasteiger partial charge in [0.1, 0.15) is 10.4 Å². The first-order chi connectivity index (χ1) is 14.6. The molecule has 0 fully saturated rings. The van der Waals surface area contributed by atoms with Gasteiger partial charge < -0.3 is 9.64 Å². The van der Waals surface area contributed by atoms with E-state index in [-0.39, 0.29) is 17.2 Å². The lowest BCUT2D eigenvalue weighted by molar-refractivity contribution is -0.128. The van der Waals surface area contributed by atoms with Crippen molar-refractivity contribution in [3.05, 3.63) is 51.6 Å². The lowest BCUT2D eigenvalue weighted by Crippen LogP contribution is -2.33. The number of nitrogens with zero attached hydrogens (tertiary/aromatic N) is 3. The van der Waals surface area contributed by atoms with E-state index < -0.39 is 0 Å². The van der Waals surface area contributed by atoms with E-state index in [0.717, 1.165) is 30.7 Å². The Morgan fingerprint density at radius 3 is 2.87 bits per heavy atom. The molecular weight excluding hydrogens is 418 g/mol. The average molecular weight is 446 g/mol. The highest BCUT2D eigenvalue weighted by Gasteiger charge is 2.17. The number of hydrogen-bond donors (Lipinski definition) is 0. The third kappa shape index (κ3) is 5.23. The van der Waals surface area contributed by atoms with E-state index in [4.69, 9.17) is 4.74 Å². The van der Waals surface area contributed by atoms with Crippen LogP contribution in [-0.2, 0) is 11.3 Å². The monoisotopic (exact) mass is 445 g/mol. The van der Waals surface area contributed by atoms with Crippen LogP contribution in [0.1, 0.15) is 32.3 Å². The molecule has 0 saturated carbocycles. The predicted molar refractivity (Wildman–Crippen MR) is 124 cm³/mol. The Morgan fingerprint density at radius 1 is 1.30 bits per heavy atom. The number of benzene rings is 1. The molecule has 3 aromatic rings. The van der Waals surface area contributed by atoms with Crippen molar-refractivity contribution in [2.45, 2.75) is 38.4 Å². The highest BCUT2D eigenvalue weighted by Crippen LogP contribution is 2.23. The Morgan fingerprint density at radius 2 is 2.13 bits per heavy atom. The van der Waals surface area contributed by atoms with Gasteiger partial charge in [0, 0.05) is 13.1 Å². The fourth-order valence-electron chi connectivity index (χ4n) is 3.15. The first-order valence-electron chi connectivity index (χ1n) is 10.1. The van der Waals surface area contributed by atoms with Crippen LogP contribution in [0, 0.1) is 0 Å². The molecule has 0 aliphatic rings. The molecule has 6 nitrogen and oxygen atoms in total. The van der Waals surface area contributed by atoms with Crippen molar-refractivity contribution in [1.82, 2.24) is 14.5 Å². The Kier molecular flexibility index (Phi) is 7.93. The van der Waals surface area contributed by atoms with E-state index in [2.05, 4.69) is 11.9 Å². The van der Waals surface area contributed by atoms with Crippen molar-refractivity contribution in [3.8, 4) is 5.75 Å². The number of aromatic nitrogens is 2. The summed E-state index contributed by atoms with van der Waals surface area (Å²) in [6.45, 7) is 5.94. The largest absolute Gasteiger partial charge is 0.497 e. The molecule has 0 unspecified atom stereocenters. The van der Waals surface area contributed by atoms with E-state index in [0.29, 0.717) is 28.5 Å². The van der Waals surface area contributed by atoms with Gasteiger partial charge in [0.25, 0.3) is 5.56 Å². The molecule has 0 saturated heterocycles. The van der Waals surface area contributed by atoms with Crippen molar-refractivity contribution >= 4 is 39.2 Å². The van der Waals surface area contributed by atoms with Gasteiger partial charge >= 0.3 is 0 Å². The van der Waals surface area contributed by atoms with Gasteiger partial charge in [-0.05, 0) is 42.5 Å². The molecule has 2 aromatic heterocycles. The standard InChI is InChI=1S/C22H27N3O3S2/c1-4-6-11-24(5-2)19(26)15-30-22-23-18-10-12-29-20(18)21(27)25(22)14-16-8-7-9-17(13-16)28-3/h7-10,12-13H,4-6,11,14-15H2,1-3H3. The van der Waals surface area contributed by atoms with E-state index in [1.165, 1.54) is 23.1 Å². The molecule has 0 bridgehead atoms. The normalized spacial score (nSPS) is 11.0. The number of fused-ring (bicyclic) bond motifs is 1. The van der Waals surface area contributed by atoms with Crippen LogP contribution in [-0.4, -0.2) is 46.3 Å². The summed E-state index contributed by atoms with van der Waals surface area (Å²) in [7, 11) is 1.62. The van der Waals surface area contributed by atoms with Gasteiger partial charge in [-0.3, -0.25) is 14.2 Å². The van der Waals surface area contributed by atoms with Crippen LogP contribution in [0.4, 0.5) is 0 Å². The molecular formula is C22H27N3O3S2. The summed E-state index contributed by atoms with van der Waals surface area (Å²) in [4.78, 5) is 32.4. The maximum absolute atomic E-state index is 13.1. The van der Waals surface area contributed by atoms with Gasteiger partial charge in [0.15, 0.2) is 5.16 Å². The summed E-state index contributed by atoms with van der Waals surface area (Å²) in [5.74, 6) is 1.07. The number of thioether (sulfide) groups is 1. The Hall–Kier alpha value is -2.32. The first-order valence-corrected chi connectivity index (χ1v) is 11.9. The zero-order chi connectivity index (χ0) is 21.5. The van der Waals surface area contributed by atoms with E-state index in [1.54, 1.807) is 11.7 Å². The summed E-state index contributed by atoms with van der Waals surface area (Å²) < 4.78 is 7.60. The maximum Gasteiger partial charge on any atom is 0.272 e. The van der Waals surface area contributed by atoms with Crippen molar-refractivity contribution in [3.63, 3.8) is 0 Å². The van der Waals surface area contributed by atoms with E-state index in [9.17, 15) is 9.59 Å². The molecule has 0 spiro atoms. The first kappa shape index (κ1) is 22.4. The maximum atomic E-state index is 13.1. The Balaban J connectivity index is 1.88. The molecule has 1 aromatic carbocycles. The molecule has 30 heavy (non-hydrogen) atoms. The second-order valence-electron chi connectivity index (χ2n) is 6.89. The van der Waals surface area contributed by atoms with Gasteiger partial charge in [-0.15, -0.1) is 11.3 Å². The molecule has 1 amide bonds. The summed E-state index contributed by atoms with van der Waals surface area (Å²) >= 11 is 2.72. The SMILES string of the molecule is CCCCN(CC)C(=O)CSc1nc2ccsc2c(=O)n1Cc1cccc(OC)c1. The Bertz CT molecular complexity index is 1060. The molecule has 160 valence electrons. The molecule has 3 rings (SSSR count). The zero-order valence-corrected chi connectivity index (χ0v) is 19.2. The van der Waals surface area contributed by atoms with Crippen LogP contribution < -0.4 is 10.3 Å². The van der Waals surface area contributed by atoms with Crippen LogP contribution in [0.5, 0.6) is 5.75 Å². The minimum absolute atomic E-state index is 0.0727. The zero-order valence-electron chi connectivity index (χ0n) is 17.6. The third-order valence-corrected chi connectivity index (χ3v) is 6.70. The van der Waals surface area contributed by atoms with Gasteiger partial charge in [0.05, 0.1) is 24.9 Å². The summed E-state index contributed by atoms with van der Waals surface area (Å²) in [5.41, 5.74) is 1.55. The molecule has 2 heterocycles. The number of unbranched alkanes of at least 4 members (excludes halogenated alkanes) is 1. The fourth-order valence-corrected chi connectivity index (χ4v) is 4.83. The van der Waals surface area contributed by atoms with Crippen LogP contribution in [0.15, 0.2) is 45.7 Å². The minimum atomic E-state index is -0.0777. The van der Waals surface area contributed by atoms with E-state index in [1.807, 2.05) is 47.5 Å². The van der Waals surface area contributed by atoms with Crippen LogP contribution in [0.2, 0.25) is 0 Å². The molecule has 0 N–H and O–H groups in total. The third-order valence-electron chi connectivity index (χ3n) is 4.85. The number of amides is 1. The second kappa shape index (κ2) is 10.6. The average Bonchev–Trinajstić information content (AvgIpc) is 3.24. The quantitative estimate of drug-likeness (QED) is 0.345. The highest BCUT2D eigenvalue weighted by atomic mass is 32.2. The number of methoxy groups -OCH3 is 1. The second-order valence-corrected chi connectivity index (χ2v) is 8.75. The molecule has 0 aliphatic heterocycles. The van der Waals surface area contributed by atoms with E-state index >= 15 is 0 Å². The predicted octanol–water partition coefficient (Wildman–Crippen LogP) is 4.26. The number of carbonyl (C=O) groups excluding carboxylic acids is 1. The smallest absolute Gasteiger partial charge is 0.272 e. The van der Waals surface area contributed by atoms with Crippen LogP contribution in [0.3, 0.4) is 0 Å². The van der Waals surface area contributed by atoms with Gasteiger partial charge in [-0.2, -0.15) is 0 Å². The summed E-state index contributed by atoms with van der Waals surface area (Å²) in [5, 5.41) is 2.44. The van der Waals surface area contributed by atoms with Gasteiger partial charge in [0.2, 0.25) is 5.91 Å². The number of ether oxygens (including phenoxy) is 1. The Labute approximate surface area is 184 Å². The lowest BCUT2D eigenvalue weighted by Gasteiger charge is -2.20. The lowest BCUT2D eigenvalue weighted by atomic mass is 10.2. The van der Waals surface area contributed by atoms with Crippen LogP contribution in [0.25, 0.3) is 10.2 Å². The topological polar surface area (TPSA) is 64.4 Å². The van der Waals surface area contributed by atoms with Crippen molar-refractivity contribution in [2.24, 2.45) is 0 Å². The molecule has 0 atom stereocenters. The summed E-state index contributed by atoms with van der Waals surface area (Å²) in [6.07, 6.45) is 2.04. The molecule has 0 aliphatic carbocycles. The van der Waals surface area contributed by atoms with Crippen molar-refractivity contribution in [2.75, 3.05) is 26.0 Å². The number of thiophene rings is 1. The van der Waals surface area contributed by atoms with Gasteiger partial charge in [-0.25, -0.2) is 4.98 Å². The molecule has 0 radical (unpaired) electrons. The number of hydrogen-bond acceptors (Lipinski definition) is 6. The van der Waals surface area contributed by atoms with Crippen molar-refractivity contribution in [1.29, 1.82) is 0 Å². The van der Waals surface area contributed by atoms with Gasteiger partial charge in [-0.1, -0.05) is 37.2 Å². The number of carbonyl (C=O) groups is 1. The molecule has 8 heteroatoms. The summed E-state index contributed by atoms with van der Waals surface area (Å²) in [6, 6.07) is 9.49. The number of rotatable bonds is 10. The van der Waals surface area contributed by atoms with Crippen molar-refractivity contribution < 1.29 is 9.53 Å².